The van der Waals surface area contributed by atoms with Gasteiger partial charge in [0, 0.05) is 6.54 Å². The number of nitrogens with zero attached hydrogens (tertiary/aromatic N) is 1. The van der Waals surface area contributed by atoms with Crippen molar-refractivity contribution in [3.63, 3.8) is 0 Å². The molecule has 2 fully saturated rings. The smallest absolute Gasteiger partial charge is 0.00501 e. The Balaban J connectivity index is 2.07. The summed E-state index contributed by atoms with van der Waals surface area (Å²) in [5, 5.41) is 0. The molecule has 0 aromatic carbocycles. The maximum absolute atomic E-state index is 5.82. The van der Waals surface area contributed by atoms with Crippen LogP contribution in [0, 0.1) is 5.41 Å². The van der Waals surface area contributed by atoms with E-state index >= 15 is 0 Å². The zero-order valence-corrected chi connectivity index (χ0v) is 7.18. The second kappa shape index (κ2) is 2.76. The highest BCUT2D eigenvalue weighted by atomic mass is 15.1. The van der Waals surface area contributed by atoms with Crippen LogP contribution >= 0.6 is 0 Å². The van der Waals surface area contributed by atoms with Crippen LogP contribution in [0.25, 0.3) is 0 Å². The second-order valence-electron chi connectivity index (χ2n) is 4.19. The summed E-state index contributed by atoms with van der Waals surface area (Å²) in [6, 6.07) is 0. The van der Waals surface area contributed by atoms with E-state index in [1.807, 2.05) is 0 Å². The molecule has 11 heavy (non-hydrogen) atoms. The van der Waals surface area contributed by atoms with Gasteiger partial charge in [-0.05, 0) is 50.7 Å². The van der Waals surface area contributed by atoms with Gasteiger partial charge in [0.05, 0.1) is 0 Å². The fourth-order valence-corrected chi connectivity index (χ4v) is 2.65. The van der Waals surface area contributed by atoms with Gasteiger partial charge in [0.15, 0.2) is 0 Å². The molecule has 2 heterocycles. The van der Waals surface area contributed by atoms with Crippen molar-refractivity contribution < 1.29 is 0 Å². The highest BCUT2D eigenvalue weighted by molar-refractivity contribution is 4.91. The average Bonchev–Trinajstić information content (AvgIpc) is 2.05. The largest absolute Gasteiger partial charge is 0.330 e. The van der Waals surface area contributed by atoms with E-state index in [4.69, 9.17) is 5.73 Å². The molecule has 0 aromatic rings. The molecule has 2 aliphatic heterocycles. The fraction of sp³-hybridized carbons (Fsp3) is 1.00. The van der Waals surface area contributed by atoms with Crippen LogP contribution in [0.4, 0.5) is 0 Å². The first kappa shape index (κ1) is 7.56. The van der Waals surface area contributed by atoms with Crippen molar-refractivity contribution in [2.75, 3.05) is 26.2 Å². The lowest BCUT2D eigenvalue weighted by Crippen LogP contribution is -2.51. The van der Waals surface area contributed by atoms with Crippen molar-refractivity contribution in [2.24, 2.45) is 11.1 Å². The minimum Gasteiger partial charge on any atom is -0.330 e. The first-order chi connectivity index (χ1) is 5.35. The van der Waals surface area contributed by atoms with Crippen molar-refractivity contribution >= 4 is 0 Å². The minimum absolute atomic E-state index is 0.524. The van der Waals surface area contributed by atoms with Crippen molar-refractivity contribution in [2.45, 2.75) is 25.7 Å². The molecule has 2 saturated heterocycles. The van der Waals surface area contributed by atoms with E-state index in [0.29, 0.717) is 5.41 Å². The quantitative estimate of drug-likeness (QED) is 0.606. The third-order valence-corrected chi connectivity index (χ3v) is 3.35. The van der Waals surface area contributed by atoms with Crippen molar-refractivity contribution in [3.8, 4) is 0 Å². The number of nitrogens with two attached hydrogens (primary N) is 1. The van der Waals surface area contributed by atoms with Gasteiger partial charge in [-0.1, -0.05) is 0 Å². The molecule has 2 aliphatic rings. The molecule has 0 amide bonds. The summed E-state index contributed by atoms with van der Waals surface area (Å²) in [5.41, 5.74) is 6.34. The van der Waals surface area contributed by atoms with Crippen LogP contribution in [0.5, 0.6) is 0 Å². The molecule has 2 bridgehead atoms. The van der Waals surface area contributed by atoms with E-state index < -0.39 is 0 Å². The lowest BCUT2D eigenvalue weighted by atomic mass is 9.74. The van der Waals surface area contributed by atoms with Crippen LogP contribution in [0.3, 0.4) is 0 Å². The van der Waals surface area contributed by atoms with Crippen LogP contribution in [-0.2, 0) is 0 Å². The van der Waals surface area contributed by atoms with Gasteiger partial charge >= 0.3 is 0 Å². The Hall–Kier alpha value is -0.0800. The van der Waals surface area contributed by atoms with Gasteiger partial charge in [0.25, 0.3) is 0 Å². The van der Waals surface area contributed by atoms with E-state index in [-0.39, 0.29) is 0 Å². The van der Waals surface area contributed by atoms with Gasteiger partial charge in [-0.25, -0.2) is 0 Å². The van der Waals surface area contributed by atoms with Crippen LogP contribution < -0.4 is 5.73 Å². The van der Waals surface area contributed by atoms with Crippen molar-refractivity contribution in [1.82, 2.24) is 4.90 Å². The summed E-state index contributed by atoms with van der Waals surface area (Å²) < 4.78 is 0. The number of hydrogen-bond acceptors (Lipinski definition) is 2. The van der Waals surface area contributed by atoms with Crippen LogP contribution in [-0.4, -0.2) is 31.1 Å². The van der Waals surface area contributed by atoms with Crippen molar-refractivity contribution in [3.05, 3.63) is 0 Å². The Labute approximate surface area is 68.7 Å². The predicted molar refractivity (Wildman–Crippen MR) is 46.4 cm³/mol. The van der Waals surface area contributed by atoms with Crippen LogP contribution in [0.2, 0.25) is 0 Å². The molecule has 0 unspecified atom stereocenters. The van der Waals surface area contributed by atoms with Gasteiger partial charge in [-0.2, -0.15) is 0 Å². The Bertz CT molecular complexity index is 134. The molecule has 0 saturated carbocycles. The molecule has 0 spiro atoms. The highest BCUT2D eigenvalue weighted by Crippen LogP contribution is 2.36. The lowest BCUT2D eigenvalue weighted by Gasteiger charge is -2.46. The summed E-state index contributed by atoms with van der Waals surface area (Å²) in [7, 11) is 0. The molecule has 64 valence electrons. The van der Waals surface area contributed by atoms with Crippen LogP contribution in [0.1, 0.15) is 25.7 Å². The van der Waals surface area contributed by atoms with Gasteiger partial charge in [-0.3, -0.25) is 0 Å². The van der Waals surface area contributed by atoms with Gasteiger partial charge in [0.2, 0.25) is 0 Å². The maximum Gasteiger partial charge on any atom is 0.00501 e. The van der Waals surface area contributed by atoms with Gasteiger partial charge < -0.3 is 10.6 Å². The summed E-state index contributed by atoms with van der Waals surface area (Å²) in [6.45, 7) is 4.83. The molecular weight excluding hydrogens is 136 g/mol. The lowest BCUT2D eigenvalue weighted by molar-refractivity contribution is 0.0447. The molecule has 2 nitrogen and oxygen atoms in total. The molecule has 0 aliphatic carbocycles. The third-order valence-electron chi connectivity index (χ3n) is 3.35. The van der Waals surface area contributed by atoms with Crippen molar-refractivity contribution in [1.29, 1.82) is 0 Å². The minimum atomic E-state index is 0.524. The Kier molecular flexibility index (Phi) is 1.90. The van der Waals surface area contributed by atoms with Gasteiger partial charge in [-0.15, -0.1) is 0 Å². The molecular formula is C9H18N2. The summed E-state index contributed by atoms with van der Waals surface area (Å²) in [4.78, 5) is 2.58. The SMILES string of the molecule is NCC12CCCN(CCC1)C2. The zero-order valence-electron chi connectivity index (χ0n) is 7.18. The monoisotopic (exact) mass is 154 g/mol. The van der Waals surface area contributed by atoms with E-state index in [9.17, 15) is 0 Å². The first-order valence-corrected chi connectivity index (χ1v) is 4.77. The van der Waals surface area contributed by atoms with E-state index in [1.54, 1.807) is 0 Å². The highest BCUT2D eigenvalue weighted by Gasteiger charge is 2.36. The third kappa shape index (κ3) is 1.30. The number of fused-ring (bicyclic) bond motifs is 2. The molecule has 2 heteroatoms. The molecule has 0 radical (unpaired) electrons. The van der Waals surface area contributed by atoms with E-state index in [1.165, 1.54) is 45.3 Å². The van der Waals surface area contributed by atoms with Gasteiger partial charge in [0.1, 0.15) is 0 Å². The molecule has 2 N–H and O–H groups in total. The average molecular weight is 154 g/mol. The first-order valence-electron chi connectivity index (χ1n) is 4.77. The molecule has 2 rings (SSSR count). The number of rotatable bonds is 1. The fourth-order valence-electron chi connectivity index (χ4n) is 2.65. The van der Waals surface area contributed by atoms with Crippen LogP contribution in [0.15, 0.2) is 0 Å². The summed E-state index contributed by atoms with van der Waals surface area (Å²) in [6.07, 6.45) is 5.49. The summed E-state index contributed by atoms with van der Waals surface area (Å²) >= 11 is 0. The predicted octanol–water partition coefficient (Wildman–Crippen LogP) is 0.821. The number of hydrogen-bond donors (Lipinski definition) is 1. The normalized spacial score (nSPS) is 43.9. The summed E-state index contributed by atoms with van der Waals surface area (Å²) in [5.74, 6) is 0. The Morgan fingerprint density at radius 1 is 1.18 bits per heavy atom. The van der Waals surface area contributed by atoms with E-state index in [2.05, 4.69) is 4.90 Å². The molecule has 0 atom stereocenters. The molecule has 0 aromatic heterocycles. The zero-order chi connectivity index (χ0) is 7.73. The topological polar surface area (TPSA) is 29.3 Å². The maximum atomic E-state index is 5.82. The standard InChI is InChI=1S/C9H18N2/c10-7-9-3-1-5-11(8-9)6-2-4-9/h1-8,10H2. The Morgan fingerprint density at radius 2 is 1.82 bits per heavy atom. The van der Waals surface area contributed by atoms with E-state index in [0.717, 1.165) is 6.54 Å². The number of piperidine rings is 2. The Morgan fingerprint density at radius 3 is 2.27 bits per heavy atom. The second-order valence-corrected chi connectivity index (χ2v) is 4.19.